The third-order valence-corrected chi connectivity index (χ3v) is 7.12. The summed E-state index contributed by atoms with van der Waals surface area (Å²) in [5, 5.41) is 0. The Kier molecular flexibility index (Phi) is 5.78. The second kappa shape index (κ2) is 7.70. The minimum absolute atomic E-state index is 0.223. The van der Waals surface area contributed by atoms with Crippen LogP contribution in [0, 0.1) is 12.8 Å². The van der Waals surface area contributed by atoms with Crippen LogP contribution in [-0.2, 0) is 26.1 Å². The second-order valence-electron chi connectivity index (χ2n) is 7.09. The molecule has 25 heavy (non-hydrogen) atoms. The van der Waals surface area contributed by atoms with Crippen LogP contribution in [0.25, 0.3) is 0 Å². The maximum absolute atomic E-state index is 12.1. The molecule has 0 aromatic carbocycles. The Balaban J connectivity index is 1.45. The molecule has 1 spiro atoms. The molecule has 0 saturated carbocycles. The number of hydrogen-bond donors (Lipinski definition) is 0. The minimum Gasteiger partial charge on any atom is -0.375 e. The van der Waals surface area contributed by atoms with E-state index in [9.17, 15) is 8.42 Å². The van der Waals surface area contributed by atoms with Gasteiger partial charge in [0.1, 0.15) is 0 Å². The normalized spacial score (nSPS) is 23.0. The molecule has 2 saturated heterocycles. The van der Waals surface area contributed by atoms with Crippen LogP contribution in [0.5, 0.6) is 0 Å². The largest absolute Gasteiger partial charge is 0.375 e. The fourth-order valence-corrected chi connectivity index (χ4v) is 5.36. The van der Waals surface area contributed by atoms with E-state index in [0.29, 0.717) is 45.2 Å². The highest BCUT2D eigenvalue weighted by atomic mass is 32.2. The van der Waals surface area contributed by atoms with Crippen molar-refractivity contribution in [2.24, 2.45) is 5.92 Å². The molecule has 2 aliphatic rings. The summed E-state index contributed by atoms with van der Waals surface area (Å²) in [5.74, 6) is 0.589. The Hall–Kier alpha value is -1.02. The van der Waals surface area contributed by atoms with Gasteiger partial charge in [-0.05, 0) is 44.2 Å². The van der Waals surface area contributed by atoms with Crippen molar-refractivity contribution in [2.75, 3.05) is 32.1 Å². The standard InChI is InChI=1S/C18H28N2O4S/c1-3-11-25(21,22)20-13-18(14-20)16(8-10-24-18)7-9-23-12-17-6-4-5-15(2)19-17/h4-6,16H,3,7-14H2,1-2H3/t16-/m1/s1. The van der Waals surface area contributed by atoms with Gasteiger partial charge in [0.05, 0.1) is 23.7 Å². The number of ether oxygens (including phenoxy) is 2. The SMILES string of the molecule is CCCS(=O)(=O)N1CC2(C1)OCC[C@H]2CCOCc1cccc(C)n1. The van der Waals surface area contributed by atoms with E-state index in [1.807, 2.05) is 32.0 Å². The van der Waals surface area contributed by atoms with Gasteiger partial charge in [-0.25, -0.2) is 8.42 Å². The number of aryl methyl sites for hydroxylation is 1. The first-order chi connectivity index (χ1) is 12.0. The molecule has 1 atom stereocenters. The van der Waals surface area contributed by atoms with Crippen LogP contribution < -0.4 is 0 Å². The number of pyridine rings is 1. The van der Waals surface area contributed by atoms with Crippen molar-refractivity contribution in [1.82, 2.24) is 9.29 Å². The van der Waals surface area contributed by atoms with E-state index in [-0.39, 0.29) is 11.4 Å². The van der Waals surface area contributed by atoms with Crippen molar-refractivity contribution in [3.8, 4) is 0 Å². The third-order valence-electron chi connectivity index (χ3n) is 5.15. The molecular weight excluding hydrogens is 340 g/mol. The number of sulfonamides is 1. The zero-order valence-corrected chi connectivity index (χ0v) is 15.9. The molecule has 0 N–H and O–H groups in total. The van der Waals surface area contributed by atoms with Gasteiger partial charge in [0.15, 0.2) is 0 Å². The lowest BCUT2D eigenvalue weighted by Gasteiger charge is -2.49. The Bertz CT molecular complexity index is 686. The van der Waals surface area contributed by atoms with Gasteiger partial charge in [-0.15, -0.1) is 0 Å². The maximum Gasteiger partial charge on any atom is 0.214 e. The molecule has 2 fully saturated rings. The highest BCUT2D eigenvalue weighted by Gasteiger charge is 2.55. The van der Waals surface area contributed by atoms with Crippen LogP contribution in [0.4, 0.5) is 0 Å². The van der Waals surface area contributed by atoms with Crippen molar-refractivity contribution >= 4 is 10.0 Å². The average molecular weight is 368 g/mol. The smallest absolute Gasteiger partial charge is 0.214 e. The molecule has 7 heteroatoms. The first-order valence-electron chi connectivity index (χ1n) is 9.07. The lowest BCUT2D eigenvalue weighted by Crippen LogP contribution is -2.66. The summed E-state index contributed by atoms with van der Waals surface area (Å²) in [6, 6.07) is 5.92. The van der Waals surface area contributed by atoms with Crippen molar-refractivity contribution in [3.63, 3.8) is 0 Å². The summed E-state index contributed by atoms with van der Waals surface area (Å²) in [5.41, 5.74) is 1.65. The summed E-state index contributed by atoms with van der Waals surface area (Å²) >= 11 is 0. The van der Waals surface area contributed by atoms with Gasteiger partial charge in [-0.1, -0.05) is 13.0 Å². The second-order valence-corrected chi connectivity index (χ2v) is 9.18. The van der Waals surface area contributed by atoms with Crippen LogP contribution in [-0.4, -0.2) is 55.4 Å². The monoisotopic (exact) mass is 368 g/mol. The predicted molar refractivity (Wildman–Crippen MR) is 95.7 cm³/mol. The Morgan fingerprint density at radius 3 is 2.92 bits per heavy atom. The van der Waals surface area contributed by atoms with Crippen LogP contribution in [0.3, 0.4) is 0 Å². The third kappa shape index (κ3) is 4.22. The van der Waals surface area contributed by atoms with E-state index in [0.717, 1.165) is 24.2 Å². The molecule has 0 aliphatic carbocycles. The van der Waals surface area contributed by atoms with Crippen molar-refractivity contribution in [2.45, 2.75) is 45.3 Å². The van der Waals surface area contributed by atoms with Crippen molar-refractivity contribution < 1.29 is 17.9 Å². The van der Waals surface area contributed by atoms with Crippen molar-refractivity contribution in [3.05, 3.63) is 29.6 Å². The molecule has 0 amide bonds. The van der Waals surface area contributed by atoms with Crippen LogP contribution >= 0.6 is 0 Å². The summed E-state index contributed by atoms with van der Waals surface area (Å²) in [6.45, 7) is 6.73. The molecule has 3 rings (SSSR count). The van der Waals surface area contributed by atoms with E-state index >= 15 is 0 Å². The predicted octanol–water partition coefficient (Wildman–Crippen LogP) is 2.13. The summed E-state index contributed by atoms with van der Waals surface area (Å²) in [4.78, 5) is 4.43. The molecule has 0 unspecified atom stereocenters. The lowest BCUT2D eigenvalue weighted by atomic mass is 9.80. The highest BCUT2D eigenvalue weighted by molar-refractivity contribution is 7.89. The lowest BCUT2D eigenvalue weighted by molar-refractivity contribution is -0.105. The van der Waals surface area contributed by atoms with Gasteiger partial charge >= 0.3 is 0 Å². The van der Waals surface area contributed by atoms with E-state index in [1.54, 1.807) is 4.31 Å². The summed E-state index contributed by atoms with van der Waals surface area (Å²) in [6.07, 6.45) is 2.53. The Morgan fingerprint density at radius 1 is 1.40 bits per heavy atom. The van der Waals surface area contributed by atoms with Gasteiger partial charge < -0.3 is 9.47 Å². The number of nitrogens with zero attached hydrogens (tertiary/aromatic N) is 2. The summed E-state index contributed by atoms with van der Waals surface area (Å²) in [7, 11) is -3.11. The molecule has 140 valence electrons. The topological polar surface area (TPSA) is 68.7 Å². The Labute approximate surface area is 150 Å². The molecule has 3 heterocycles. The first-order valence-corrected chi connectivity index (χ1v) is 10.7. The van der Waals surface area contributed by atoms with Crippen molar-refractivity contribution in [1.29, 1.82) is 0 Å². The van der Waals surface area contributed by atoms with Crippen LogP contribution in [0.1, 0.15) is 37.6 Å². The molecule has 1 aromatic heterocycles. The van der Waals surface area contributed by atoms with Gasteiger partial charge in [-0.3, -0.25) is 4.98 Å². The molecule has 0 bridgehead atoms. The molecule has 2 aliphatic heterocycles. The fourth-order valence-electron chi connectivity index (χ4n) is 3.76. The van der Waals surface area contributed by atoms with E-state index in [2.05, 4.69) is 4.98 Å². The summed E-state index contributed by atoms with van der Waals surface area (Å²) < 4.78 is 37.6. The quantitative estimate of drug-likeness (QED) is 0.658. The number of aromatic nitrogens is 1. The average Bonchev–Trinajstić information content (AvgIpc) is 2.94. The van der Waals surface area contributed by atoms with Gasteiger partial charge in [0.25, 0.3) is 0 Å². The zero-order valence-electron chi connectivity index (χ0n) is 15.1. The van der Waals surface area contributed by atoms with Gasteiger partial charge in [0.2, 0.25) is 10.0 Å². The zero-order chi connectivity index (χ0) is 17.9. The molecular formula is C18H28N2O4S. The van der Waals surface area contributed by atoms with E-state index in [4.69, 9.17) is 9.47 Å². The minimum atomic E-state index is -3.11. The van der Waals surface area contributed by atoms with Gasteiger partial charge in [0, 0.05) is 32.0 Å². The number of rotatable bonds is 8. The first kappa shape index (κ1) is 18.8. The highest BCUT2D eigenvalue weighted by Crippen LogP contribution is 2.42. The van der Waals surface area contributed by atoms with E-state index in [1.165, 1.54) is 0 Å². The molecule has 6 nitrogen and oxygen atoms in total. The molecule has 0 radical (unpaired) electrons. The maximum atomic E-state index is 12.1. The van der Waals surface area contributed by atoms with Crippen LogP contribution in [0.2, 0.25) is 0 Å². The van der Waals surface area contributed by atoms with Gasteiger partial charge in [-0.2, -0.15) is 4.31 Å². The Morgan fingerprint density at radius 2 is 2.20 bits per heavy atom. The fraction of sp³-hybridized carbons (Fsp3) is 0.722. The van der Waals surface area contributed by atoms with Crippen LogP contribution in [0.15, 0.2) is 18.2 Å². The molecule has 1 aromatic rings. The van der Waals surface area contributed by atoms with E-state index < -0.39 is 10.0 Å². The number of hydrogen-bond acceptors (Lipinski definition) is 5.